The van der Waals surface area contributed by atoms with Crippen molar-refractivity contribution >= 4 is 34.7 Å². The quantitative estimate of drug-likeness (QED) is 0.682. The summed E-state index contributed by atoms with van der Waals surface area (Å²) < 4.78 is 10.7. The number of hydrogen-bond donors (Lipinski definition) is 0. The molecule has 0 saturated heterocycles. The highest BCUT2D eigenvalue weighted by Crippen LogP contribution is 2.40. The normalized spacial score (nSPS) is 13.1. The molecule has 0 atom stereocenters. The van der Waals surface area contributed by atoms with Crippen LogP contribution in [0.1, 0.15) is 11.3 Å². The summed E-state index contributed by atoms with van der Waals surface area (Å²) in [5.74, 6) is 1.29. The van der Waals surface area contributed by atoms with Crippen molar-refractivity contribution in [2.45, 2.75) is 0 Å². The van der Waals surface area contributed by atoms with Crippen molar-refractivity contribution in [3.63, 3.8) is 0 Å². The van der Waals surface area contributed by atoms with Crippen molar-refractivity contribution in [1.29, 1.82) is 0 Å². The number of pyridine rings is 1. The van der Waals surface area contributed by atoms with Gasteiger partial charge in [0.15, 0.2) is 11.5 Å². The Kier molecular flexibility index (Phi) is 3.20. The molecule has 4 heteroatoms. The largest absolute Gasteiger partial charge is 0.454 e. The van der Waals surface area contributed by atoms with Crippen molar-refractivity contribution in [2.24, 2.45) is 0 Å². The van der Waals surface area contributed by atoms with Crippen LogP contribution in [0.3, 0.4) is 0 Å². The Morgan fingerprint density at radius 1 is 1.00 bits per heavy atom. The summed E-state index contributed by atoms with van der Waals surface area (Å²) in [6.45, 7) is 0.217. The number of halogens is 1. The van der Waals surface area contributed by atoms with Crippen LogP contribution in [0.25, 0.3) is 23.1 Å². The third kappa shape index (κ3) is 2.40. The maximum Gasteiger partial charge on any atom is 0.231 e. The second-order valence-electron chi connectivity index (χ2n) is 5.00. The van der Waals surface area contributed by atoms with E-state index in [-0.39, 0.29) is 6.79 Å². The number of ether oxygens (including phenoxy) is 2. The molecule has 0 amide bonds. The highest BCUT2D eigenvalue weighted by Gasteiger charge is 2.17. The summed E-state index contributed by atoms with van der Waals surface area (Å²) in [4.78, 5) is 4.61. The second-order valence-corrected chi connectivity index (χ2v) is 5.41. The molecule has 4 rings (SSSR count). The second kappa shape index (κ2) is 5.35. The number of aromatic nitrogens is 1. The van der Waals surface area contributed by atoms with E-state index in [1.807, 2.05) is 54.6 Å². The van der Waals surface area contributed by atoms with Gasteiger partial charge in [0.1, 0.15) is 0 Å². The topological polar surface area (TPSA) is 31.4 Å². The van der Waals surface area contributed by atoms with Gasteiger partial charge in [-0.3, -0.25) is 0 Å². The van der Waals surface area contributed by atoms with Gasteiger partial charge in [-0.2, -0.15) is 0 Å². The van der Waals surface area contributed by atoms with E-state index in [2.05, 4.69) is 11.1 Å². The van der Waals surface area contributed by atoms with Crippen molar-refractivity contribution < 1.29 is 9.47 Å². The molecule has 0 N–H and O–H groups in total. The molecule has 2 aromatic carbocycles. The number of hydrogen-bond acceptors (Lipinski definition) is 3. The molecule has 0 aliphatic carbocycles. The van der Waals surface area contributed by atoms with Crippen LogP contribution in [0.5, 0.6) is 11.5 Å². The molecule has 1 aromatic heterocycles. The van der Waals surface area contributed by atoms with E-state index >= 15 is 0 Å². The molecule has 1 aliphatic heterocycles. The first kappa shape index (κ1) is 13.2. The van der Waals surface area contributed by atoms with E-state index in [4.69, 9.17) is 21.1 Å². The Labute approximate surface area is 132 Å². The van der Waals surface area contributed by atoms with E-state index in [1.165, 1.54) is 0 Å². The van der Waals surface area contributed by atoms with Crippen LogP contribution in [0.4, 0.5) is 0 Å². The number of rotatable bonds is 2. The number of benzene rings is 2. The predicted octanol–water partition coefficient (Wildman–Crippen LogP) is 4.79. The summed E-state index contributed by atoms with van der Waals surface area (Å²) in [5, 5.41) is 1.69. The van der Waals surface area contributed by atoms with Gasteiger partial charge in [0.25, 0.3) is 0 Å². The third-order valence-electron chi connectivity index (χ3n) is 3.52. The Hall–Kier alpha value is -2.52. The lowest BCUT2D eigenvalue weighted by Crippen LogP contribution is -1.93. The van der Waals surface area contributed by atoms with Gasteiger partial charge in [-0.15, -0.1) is 0 Å². The van der Waals surface area contributed by atoms with Gasteiger partial charge in [0, 0.05) is 5.39 Å². The molecule has 0 fully saturated rings. The SMILES string of the molecule is Clc1cc(/C=C/c2ccc3ccccc3n2)cc2c1OCO2. The van der Waals surface area contributed by atoms with E-state index < -0.39 is 0 Å². The third-order valence-corrected chi connectivity index (χ3v) is 3.80. The van der Waals surface area contributed by atoms with Crippen LogP contribution < -0.4 is 9.47 Å². The highest BCUT2D eigenvalue weighted by molar-refractivity contribution is 6.32. The lowest BCUT2D eigenvalue weighted by Gasteiger charge is -2.01. The molecular weight excluding hydrogens is 298 g/mol. The minimum atomic E-state index is 0.217. The minimum Gasteiger partial charge on any atom is -0.454 e. The average molecular weight is 310 g/mol. The molecule has 0 spiro atoms. The Bertz CT molecular complexity index is 889. The van der Waals surface area contributed by atoms with Crippen LogP contribution in [-0.4, -0.2) is 11.8 Å². The molecule has 0 radical (unpaired) electrons. The van der Waals surface area contributed by atoms with Gasteiger partial charge in [-0.25, -0.2) is 4.98 Å². The van der Waals surface area contributed by atoms with Gasteiger partial charge in [-0.05, 0) is 35.9 Å². The highest BCUT2D eigenvalue weighted by atomic mass is 35.5. The lowest BCUT2D eigenvalue weighted by molar-refractivity contribution is 0.174. The van der Waals surface area contributed by atoms with E-state index in [0.29, 0.717) is 16.5 Å². The van der Waals surface area contributed by atoms with Crippen molar-refractivity contribution in [3.8, 4) is 11.5 Å². The lowest BCUT2D eigenvalue weighted by atomic mass is 10.1. The summed E-state index contributed by atoms with van der Waals surface area (Å²) >= 11 is 6.18. The zero-order valence-electron chi connectivity index (χ0n) is 11.6. The van der Waals surface area contributed by atoms with Gasteiger partial charge in [0.2, 0.25) is 6.79 Å². The Morgan fingerprint density at radius 2 is 1.91 bits per heavy atom. The van der Waals surface area contributed by atoms with Crippen molar-refractivity contribution in [3.05, 3.63) is 64.8 Å². The van der Waals surface area contributed by atoms with E-state index in [1.54, 1.807) is 0 Å². The van der Waals surface area contributed by atoms with Gasteiger partial charge >= 0.3 is 0 Å². The first-order valence-electron chi connectivity index (χ1n) is 6.93. The fourth-order valence-electron chi connectivity index (χ4n) is 2.44. The van der Waals surface area contributed by atoms with E-state index in [0.717, 1.165) is 22.2 Å². The van der Waals surface area contributed by atoms with Gasteiger partial charge in [-0.1, -0.05) is 41.9 Å². The fraction of sp³-hybridized carbons (Fsp3) is 0.0556. The fourth-order valence-corrected chi connectivity index (χ4v) is 2.71. The van der Waals surface area contributed by atoms with Crippen LogP contribution in [-0.2, 0) is 0 Å². The van der Waals surface area contributed by atoms with E-state index in [9.17, 15) is 0 Å². The standard InChI is InChI=1S/C18H12ClNO2/c19-15-9-12(10-17-18(15)22-11-21-17)5-7-14-8-6-13-3-1-2-4-16(13)20-14/h1-10H,11H2/b7-5+. The zero-order valence-corrected chi connectivity index (χ0v) is 12.4. The summed E-state index contributed by atoms with van der Waals surface area (Å²) in [7, 11) is 0. The van der Waals surface area contributed by atoms with Gasteiger partial charge < -0.3 is 9.47 Å². The molecule has 0 saturated carbocycles. The van der Waals surface area contributed by atoms with Gasteiger partial charge in [0.05, 0.1) is 16.2 Å². The zero-order chi connectivity index (χ0) is 14.9. The molecule has 0 unspecified atom stereocenters. The number of para-hydroxylation sites is 1. The predicted molar refractivity (Wildman–Crippen MR) is 88.2 cm³/mol. The summed E-state index contributed by atoms with van der Waals surface area (Å²) in [6.07, 6.45) is 3.92. The smallest absolute Gasteiger partial charge is 0.231 e. The summed E-state index contributed by atoms with van der Waals surface area (Å²) in [5.41, 5.74) is 2.82. The molecule has 108 valence electrons. The first-order valence-corrected chi connectivity index (χ1v) is 7.30. The van der Waals surface area contributed by atoms with Crippen molar-refractivity contribution in [1.82, 2.24) is 4.98 Å². The minimum absolute atomic E-state index is 0.217. The molecule has 3 nitrogen and oxygen atoms in total. The molecule has 1 aliphatic rings. The van der Waals surface area contributed by atoms with Crippen LogP contribution in [0.15, 0.2) is 48.5 Å². The monoisotopic (exact) mass is 309 g/mol. The Morgan fingerprint density at radius 3 is 2.86 bits per heavy atom. The molecule has 2 heterocycles. The number of nitrogens with zero attached hydrogens (tertiary/aromatic N) is 1. The molecule has 0 bridgehead atoms. The molecule has 3 aromatic rings. The maximum absolute atomic E-state index is 6.18. The van der Waals surface area contributed by atoms with Crippen LogP contribution in [0.2, 0.25) is 5.02 Å². The Balaban J connectivity index is 1.67. The summed E-state index contributed by atoms with van der Waals surface area (Å²) in [6, 6.07) is 15.9. The molecular formula is C18H12ClNO2. The van der Waals surface area contributed by atoms with Crippen molar-refractivity contribution in [2.75, 3.05) is 6.79 Å². The van der Waals surface area contributed by atoms with Crippen LogP contribution in [0, 0.1) is 0 Å². The maximum atomic E-state index is 6.18. The average Bonchev–Trinajstić information content (AvgIpc) is 3.02. The molecule has 22 heavy (non-hydrogen) atoms. The van der Waals surface area contributed by atoms with Crippen LogP contribution >= 0.6 is 11.6 Å². The number of fused-ring (bicyclic) bond motifs is 2. The first-order chi connectivity index (χ1) is 10.8.